The maximum absolute atomic E-state index is 12.8. The summed E-state index contributed by atoms with van der Waals surface area (Å²) in [5.41, 5.74) is 3.33. The van der Waals surface area contributed by atoms with E-state index in [0.717, 1.165) is 10.2 Å². The fraction of sp³-hybridized carbons (Fsp3) is 0.238. The molecule has 0 unspecified atom stereocenters. The van der Waals surface area contributed by atoms with Gasteiger partial charge >= 0.3 is 6.61 Å². The topological polar surface area (TPSA) is 65.4 Å². The normalized spacial score (nSPS) is 10.9. The van der Waals surface area contributed by atoms with Crippen LogP contribution in [-0.2, 0) is 6.54 Å². The Kier molecular flexibility index (Phi) is 6.71. The molecule has 30 heavy (non-hydrogen) atoms. The Hall–Kier alpha value is -2.94. The summed E-state index contributed by atoms with van der Waals surface area (Å²) in [5.74, 6) is -0.178. The molecule has 0 bridgehead atoms. The zero-order valence-electron chi connectivity index (χ0n) is 16.6. The summed E-state index contributed by atoms with van der Waals surface area (Å²) in [6.45, 7) is 0.845. The van der Waals surface area contributed by atoms with Crippen molar-refractivity contribution in [3.8, 4) is 17.2 Å². The molecule has 158 valence electrons. The summed E-state index contributed by atoms with van der Waals surface area (Å²) in [6.07, 6.45) is 0. The van der Waals surface area contributed by atoms with Gasteiger partial charge < -0.3 is 14.8 Å². The minimum Gasteiger partial charge on any atom is -0.493 e. The lowest BCUT2D eigenvalue weighted by molar-refractivity contribution is -0.0512. The number of benzene rings is 2. The molecule has 3 aromatic rings. The van der Waals surface area contributed by atoms with Crippen molar-refractivity contribution < 1.29 is 23.0 Å². The first kappa shape index (κ1) is 21.8. The van der Waals surface area contributed by atoms with E-state index in [0.29, 0.717) is 22.5 Å². The van der Waals surface area contributed by atoms with Crippen molar-refractivity contribution in [2.45, 2.75) is 27.0 Å². The molecule has 0 saturated heterocycles. The standard InChI is InChI=1S/C21H20BrF2N3O3/c1-12-19(13(2)27(26-12)16-7-5-15(22)6-8-16)20(28)25-11-14-4-9-17(30-21(23)24)18(10-14)29-3/h4-10,21H,11H2,1-3H3,(H,25,28). The number of ether oxygens (including phenoxy) is 2. The van der Waals surface area contributed by atoms with Crippen molar-refractivity contribution in [2.75, 3.05) is 7.11 Å². The van der Waals surface area contributed by atoms with Gasteiger partial charge in [-0.2, -0.15) is 13.9 Å². The van der Waals surface area contributed by atoms with Crippen LogP contribution in [0.25, 0.3) is 5.69 Å². The summed E-state index contributed by atoms with van der Waals surface area (Å²) in [7, 11) is 1.36. The lowest BCUT2D eigenvalue weighted by Gasteiger charge is -2.12. The first-order valence-electron chi connectivity index (χ1n) is 9.02. The third kappa shape index (κ3) is 4.79. The number of carbonyl (C=O) groups is 1. The van der Waals surface area contributed by atoms with E-state index >= 15 is 0 Å². The molecule has 0 atom stereocenters. The van der Waals surface area contributed by atoms with E-state index in [-0.39, 0.29) is 24.0 Å². The molecule has 3 rings (SSSR count). The second kappa shape index (κ2) is 9.25. The Bertz CT molecular complexity index is 1050. The molecule has 0 spiro atoms. The number of aryl methyl sites for hydroxylation is 1. The number of hydrogen-bond donors (Lipinski definition) is 1. The van der Waals surface area contributed by atoms with Crippen LogP contribution >= 0.6 is 15.9 Å². The van der Waals surface area contributed by atoms with Crippen LogP contribution in [0.3, 0.4) is 0 Å². The zero-order chi connectivity index (χ0) is 21.8. The number of amides is 1. The Morgan fingerprint density at radius 2 is 1.87 bits per heavy atom. The van der Waals surface area contributed by atoms with Crippen LogP contribution in [0.4, 0.5) is 8.78 Å². The van der Waals surface area contributed by atoms with E-state index in [1.165, 1.54) is 13.2 Å². The van der Waals surface area contributed by atoms with E-state index in [2.05, 4.69) is 31.1 Å². The van der Waals surface area contributed by atoms with Crippen LogP contribution in [-0.4, -0.2) is 29.4 Å². The van der Waals surface area contributed by atoms with Crippen LogP contribution in [0.15, 0.2) is 46.9 Å². The highest BCUT2D eigenvalue weighted by atomic mass is 79.9. The minimum atomic E-state index is -2.95. The number of halogens is 3. The van der Waals surface area contributed by atoms with E-state index < -0.39 is 6.61 Å². The lowest BCUT2D eigenvalue weighted by Crippen LogP contribution is -2.24. The van der Waals surface area contributed by atoms with Crippen LogP contribution in [0, 0.1) is 13.8 Å². The van der Waals surface area contributed by atoms with Crippen LogP contribution < -0.4 is 14.8 Å². The van der Waals surface area contributed by atoms with Gasteiger partial charge in [0.15, 0.2) is 11.5 Å². The van der Waals surface area contributed by atoms with E-state index in [1.807, 2.05) is 31.2 Å². The van der Waals surface area contributed by atoms with Gasteiger partial charge in [-0.3, -0.25) is 4.79 Å². The highest BCUT2D eigenvalue weighted by Crippen LogP contribution is 2.29. The second-order valence-corrected chi connectivity index (χ2v) is 7.40. The molecule has 1 aromatic heterocycles. The smallest absolute Gasteiger partial charge is 0.387 e. The van der Waals surface area contributed by atoms with Crippen molar-refractivity contribution in [1.82, 2.24) is 15.1 Å². The second-order valence-electron chi connectivity index (χ2n) is 6.48. The molecule has 0 saturated carbocycles. The number of alkyl halides is 2. The number of rotatable bonds is 7. The quantitative estimate of drug-likeness (QED) is 0.528. The van der Waals surface area contributed by atoms with Gasteiger partial charge in [0.2, 0.25) is 0 Å². The van der Waals surface area contributed by atoms with Gasteiger partial charge in [0.05, 0.1) is 29.7 Å². The monoisotopic (exact) mass is 479 g/mol. The van der Waals surface area contributed by atoms with E-state index in [4.69, 9.17) is 4.74 Å². The van der Waals surface area contributed by atoms with Gasteiger partial charge in [-0.1, -0.05) is 22.0 Å². The fourth-order valence-electron chi connectivity index (χ4n) is 3.09. The van der Waals surface area contributed by atoms with Crippen LogP contribution in [0.2, 0.25) is 0 Å². The molecule has 9 heteroatoms. The first-order chi connectivity index (χ1) is 14.3. The summed E-state index contributed by atoms with van der Waals surface area (Å²) in [5, 5.41) is 7.32. The van der Waals surface area contributed by atoms with Crippen molar-refractivity contribution >= 4 is 21.8 Å². The van der Waals surface area contributed by atoms with Crippen molar-refractivity contribution in [3.05, 3.63) is 69.5 Å². The number of nitrogens with one attached hydrogen (secondary N) is 1. The molecular formula is C21H20BrF2N3O3. The molecule has 2 aromatic carbocycles. The molecule has 1 heterocycles. The average Bonchev–Trinajstić information content (AvgIpc) is 3.01. The third-order valence-electron chi connectivity index (χ3n) is 4.49. The largest absolute Gasteiger partial charge is 0.493 e. The predicted octanol–water partition coefficient (Wildman–Crippen LogP) is 4.79. The maximum Gasteiger partial charge on any atom is 0.387 e. The predicted molar refractivity (Wildman–Crippen MR) is 112 cm³/mol. The first-order valence-corrected chi connectivity index (χ1v) is 9.81. The van der Waals surface area contributed by atoms with E-state index in [9.17, 15) is 13.6 Å². The number of hydrogen-bond acceptors (Lipinski definition) is 4. The van der Waals surface area contributed by atoms with Gasteiger partial charge in [0.25, 0.3) is 5.91 Å². The molecule has 0 aliphatic carbocycles. The van der Waals surface area contributed by atoms with Crippen molar-refractivity contribution in [3.63, 3.8) is 0 Å². The summed E-state index contributed by atoms with van der Waals surface area (Å²) < 4.78 is 37.1. The summed E-state index contributed by atoms with van der Waals surface area (Å²) in [4.78, 5) is 12.8. The molecule has 0 fully saturated rings. The molecule has 0 aliphatic heterocycles. The van der Waals surface area contributed by atoms with Gasteiger partial charge in [0.1, 0.15) is 0 Å². The minimum absolute atomic E-state index is 0.0648. The third-order valence-corrected chi connectivity index (χ3v) is 5.02. The average molecular weight is 480 g/mol. The number of methoxy groups -OCH3 is 1. The highest BCUT2D eigenvalue weighted by Gasteiger charge is 2.19. The van der Waals surface area contributed by atoms with Gasteiger partial charge in [-0.15, -0.1) is 0 Å². The molecule has 1 N–H and O–H groups in total. The van der Waals surface area contributed by atoms with Crippen LogP contribution in [0.5, 0.6) is 11.5 Å². The van der Waals surface area contributed by atoms with Crippen molar-refractivity contribution in [2.24, 2.45) is 0 Å². The number of nitrogens with zero attached hydrogens (tertiary/aromatic N) is 2. The van der Waals surface area contributed by atoms with Gasteiger partial charge in [-0.05, 0) is 55.8 Å². The Morgan fingerprint density at radius 1 is 1.17 bits per heavy atom. The Balaban J connectivity index is 1.76. The highest BCUT2D eigenvalue weighted by molar-refractivity contribution is 9.10. The fourth-order valence-corrected chi connectivity index (χ4v) is 3.36. The molecule has 0 aliphatic rings. The van der Waals surface area contributed by atoms with Gasteiger partial charge in [0, 0.05) is 11.0 Å². The molecule has 1 amide bonds. The van der Waals surface area contributed by atoms with E-state index in [1.54, 1.807) is 23.7 Å². The lowest BCUT2D eigenvalue weighted by atomic mass is 10.1. The zero-order valence-corrected chi connectivity index (χ0v) is 18.2. The van der Waals surface area contributed by atoms with Crippen LogP contribution in [0.1, 0.15) is 27.3 Å². The SMILES string of the molecule is COc1cc(CNC(=O)c2c(C)nn(-c3ccc(Br)cc3)c2C)ccc1OC(F)F. The Morgan fingerprint density at radius 3 is 2.50 bits per heavy atom. The molecule has 0 radical (unpaired) electrons. The summed E-state index contributed by atoms with van der Waals surface area (Å²) in [6, 6.07) is 12.1. The number of aromatic nitrogens is 2. The van der Waals surface area contributed by atoms with Gasteiger partial charge in [-0.25, -0.2) is 4.68 Å². The van der Waals surface area contributed by atoms with Crippen molar-refractivity contribution in [1.29, 1.82) is 0 Å². The number of carbonyl (C=O) groups excluding carboxylic acids is 1. The molecular weight excluding hydrogens is 460 g/mol. The maximum atomic E-state index is 12.8. The molecule has 6 nitrogen and oxygen atoms in total. The Labute approximate surface area is 180 Å². The summed E-state index contributed by atoms with van der Waals surface area (Å²) >= 11 is 3.40.